The number of hydrogen-bond donors (Lipinski definition) is 1. The zero-order valence-electron chi connectivity index (χ0n) is 18.2. The predicted octanol–water partition coefficient (Wildman–Crippen LogP) is 5.89. The Kier molecular flexibility index (Phi) is 5.28. The summed E-state index contributed by atoms with van der Waals surface area (Å²) in [6.45, 7) is 1.80. The fourth-order valence-electron chi connectivity index (χ4n) is 5.22. The van der Waals surface area contributed by atoms with Crippen molar-refractivity contribution in [2.75, 3.05) is 13.1 Å². The lowest BCUT2D eigenvalue weighted by atomic mass is 9.81. The van der Waals surface area contributed by atoms with E-state index < -0.39 is 18.2 Å². The predicted molar refractivity (Wildman–Crippen MR) is 128 cm³/mol. The Labute approximate surface area is 217 Å². The van der Waals surface area contributed by atoms with Crippen LogP contribution < -0.4 is 5.32 Å². The summed E-state index contributed by atoms with van der Waals surface area (Å²) in [6, 6.07) is 7.96. The molecule has 1 saturated carbocycles. The van der Waals surface area contributed by atoms with E-state index in [1.165, 1.54) is 12.1 Å². The van der Waals surface area contributed by atoms with E-state index in [0.717, 1.165) is 24.0 Å². The van der Waals surface area contributed by atoms with Crippen molar-refractivity contribution in [3.05, 3.63) is 67.1 Å². The fourth-order valence-corrected chi connectivity index (χ4v) is 5.94. The van der Waals surface area contributed by atoms with E-state index in [1.54, 1.807) is 6.07 Å². The van der Waals surface area contributed by atoms with Crippen molar-refractivity contribution in [3.63, 3.8) is 0 Å². The van der Waals surface area contributed by atoms with E-state index in [-0.39, 0.29) is 38.7 Å². The van der Waals surface area contributed by atoms with Gasteiger partial charge < -0.3 is 15.1 Å². The maximum atomic E-state index is 14.4. The fraction of sp³-hybridized carbons (Fsp3) is 0.417. The molecular weight excluding hydrogens is 570 g/mol. The first-order valence-corrected chi connectivity index (χ1v) is 12.7. The minimum Gasteiger partial charge on any atom is -0.374 e. The number of hydrogen-bond acceptors (Lipinski definition) is 4. The molecule has 1 amide bonds. The summed E-state index contributed by atoms with van der Waals surface area (Å²) in [6.07, 6.45) is -3.33. The molecule has 1 unspecified atom stereocenters. The SMILES string of the molecule is O=C(C1CC1)N1CC2(C1)NCc1cc(C3=NOC(c4cc(Cl)c(Br)c(Cl)c4)(C(F)(F)F)C3)ccc12. The van der Waals surface area contributed by atoms with Gasteiger partial charge in [-0.2, -0.15) is 13.2 Å². The number of nitrogens with one attached hydrogen (secondary N) is 1. The van der Waals surface area contributed by atoms with Crippen molar-refractivity contribution in [1.82, 2.24) is 10.2 Å². The molecule has 3 aliphatic heterocycles. The van der Waals surface area contributed by atoms with Gasteiger partial charge in [-0.05, 0) is 63.7 Å². The summed E-state index contributed by atoms with van der Waals surface area (Å²) in [7, 11) is 0. The van der Waals surface area contributed by atoms with Gasteiger partial charge in [0.1, 0.15) is 0 Å². The maximum Gasteiger partial charge on any atom is 0.435 e. The molecule has 184 valence electrons. The van der Waals surface area contributed by atoms with Gasteiger partial charge in [0.15, 0.2) is 0 Å². The van der Waals surface area contributed by atoms with Crippen LogP contribution >= 0.6 is 39.1 Å². The summed E-state index contributed by atoms with van der Waals surface area (Å²) < 4.78 is 43.4. The lowest BCUT2D eigenvalue weighted by Gasteiger charge is -2.49. The van der Waals surface area contributed by atoms with Crippen LogP contribution in [-0.4, -0.2) is 35.8 Å². The molecule has 1 atom stereocenters. The molecule has 1 N–H and O–H groups in total. The van der Waals surface area contributed by atoms with Crippen molar-refractivity contribution in [2.24, 2.45) is 11.1 Å². The molecule has 1 aliphatic carbocycles. The molecule has 6 rings (SSSR count). The highest BCUT2D eigenvalue weighted by Crippen LogP contribution is 2.51. The van der Waals surface area contributed by atoms with Crippen LogP contribution in [0.2, 0.25) is 10.0 Å². The summed E-state index contributed by atoms with van der Waals surface area (Å²) in [5.74, 6) is 0.400. The van der Waals surface area contributed by atoms with E-state index in [2.05, 4.69) is 26.4 Å². The number of alkyl halides is 3. The summed E-state index contributed by atoms with van der Waals surface area (Å²) in [5.41, 5.74) is -0.358. The number of likely N-dealkylation sites (tertiary alicyclic amines) is 1. The molecule has 35 heavy (non-hydrogen) atoms. The smallest absolute Gasteiger partial charge is 0.374 e. The zero-order chi connectivity index (χ0) is 24.8. The van der Waals surface area contributed by atoms with Crippen molar-refractivity contribution in [2.45, 2.75) is 43.1 Å². The molecule has 2 fully saturated rings. The van der Waals surface area contributed by atoms with Crippen LogP contribution in [-0.2, 0) is 27.3 Å². The molecule has 4 aliphatic rings. The molecule has 1 spiro atoms. The highest BCUT2D eigenvalue weighted by atomic mass is 79.9. The lowest BCUT2D eigenvalue weighted by Crippen LogP contribution is -2.66. The molecule has 11 heteroatoms. The second kappa shape index (κ2) is 7.84. The summed E-state index contributed by atoms with van der Waals surface area (Å²) in [4.78, 5) is 19.4. The number of benzene rings is 2. The number of carbonyl (C=O) groups excluding carboxylic acids is 1. The van der Waals surface area contributed by atoms with Crippen molar-refractivity contribution in [1.29, 1.82) is 0 Å². The van der Waals surface area contributed by atoms with Crippen LogP contribution in [0.3, 0.4) is 0 Å². The van der Waals surface area contributed by atoms with Crippen LogP contribution in [0.4, 0.5) is 13.2 Å². The Morgan fingerprint density at radius 2 is 1.86 bits per heavy atom. The van der Waals surface area contributed by atoms with Crippen LogP contribution in [0.5, 0.6) is 0 Å². The Hall–Kier alpha value is -1.81. The Balaban J connectivity index is 1.26. The number of amides is 1. The Bertz CT molecular complexity index is 1270. The average Bonchev–Trinajstić information content (AvgIpc) is 3.40. The number of rotatable bonds is 3. The van der Waals surface area contributed by atoms with E-state index in [1.807, 2.05) is 17.0 Å². The van der Waals surface area contributed by atoms with Gasteiger partial charge in [0.2, 0.25) is 5.91 Å². The molecule has 0 radical (unpaired) electrons. The van der Waals surface area contributed by atoms with E-state index in [9.17, 15) is 18.0 Å². The van der Waals surface area contributed by atoms with Crippen molar-refractivity contribution >= 4 is 50.8 Å². The number of oxime groups is 1. The average molecular weight is 589 g/mol. The Morgan fingerprint density at radius 1 is 1.17 bits per heavy atom. The van der Waals surface area contributed by atoms with Crippen molar-refractivity contribution < 1.29 is 22.8 Å². The van der Waals surface area contributed by atoms with Crippen LogP contribution in [0.1, 0.15) is 41.5 Å². The standard InChI is InChI=1S/C24H19BrCl2F3N3O2/c25-20-17(26)6-15(7-18(20)27)23(24(28,29)30)8-19(32-35-23)13-3-4-16-14(5-13)9-31-22(16)10-33(11-22)21(34)12-1-2-12/h3-7,12,31H,1-2,8-11H2. The molecule has 2 aromatic rings. The molecule has 0 bridgehead atoms. The van der Waals surface area contributed by atoms with E-state index in [0.29, 0.717) is 29.7 Å². The first-order valence-electron chi connectivity index (χ1n) is 11.2. The van der Waals surface area contributed by atoms with Gasteiger partial charge in [-0.1, -0.05) is 40.5 Å². The zero-order valence-corrected chi connectivity index (χ0v) is 21.3. The number of fused-ring (bicyclic) bond motifs is 2. The molecule has 5 nitrogen and oxygen atoms in total. The van der Waals surface area contributed by atoms with Gasteiger partial charge in [-0.25, -0.2) is 0 Å². The Morgan fingerprint density at radius 3 is 2.49 bits per heavy atom. The van der Waals surface area contributed by atoms with Gasteiger partial charge in [0.05, 0.1) is 25.8 Å². The van der Waals surface area contributed by atoms with Crippen LogP contribution in [0.25, 0.3) is 0 Å². The third kappa shape index (κ3) is 3.61. The van der Waals surface area contributed by atoms with Gasteiger partial charge >= 0.3 is 6.18 Å². The highest BCUT2D eigenvalue weighted by Gasteiger charge is 2.62. The second-order valence-corrected chi connectivity index (χ2v) is 11.3. The molecular formula is C24H19BrCl2F3N3O2. The van der Waals surface area contributed by atoms with Crippen LogP contribution in [0, 0.1) is 5.92 Å². The van der Waals surface area contributed by atoms with Gasteiger partial charge in [0, 0.05) is 37.5 Å². The quantitative estimate of drug-likeness (QED) is 0.455. The minimum absolute atomic E-state index is 0.0526. The summed E-state index contributed by atoms with van der Waals surface area (Å²) >= 11 is 15.4. The first kappa shape index (κ1) is 23.6. The van der Waals surface area contributed by atoms with Crippen molar-refractivity contribution in [3.8, 4) is 0 Å². The third-order valence-corrected chi connectivity index (χ3v) is 9.27. The monoisotopic (exact) mass is 587 g/mol. The number of nitrogens with zero attached hydrogens (tertiary/aromatic N) is 2. The lowest BCUT2D eigenvalue weighted by molar-refractivity contribution is -0.275. The van der Waals surface area contributed by atoms with E-state index in [4.69, 9.17) is 28.0 Å². The largest absolute Gasteiger partial charge is 0.435 e. The number of carbonyl (C=O) groups is 1. The molecule has 1 saturated heterocycles. The first-order chi connectivity index (χ1) is 16.5. The molecule has 3 heterocycles. The third-order valence-electron chi connectivity index (χ3n) is 7.37. The normalized spacial score (nSPS) is 24.7. The molecule has 2 aromatic carbocycles. The summed E-state index contributed by atoms with van der Waals surface area (Å²) in [5, 5.41) is 7.47. The highest BCUT2D eigenvalue weighted by molar-refractivity contribution is 9.10. The van der Waals surface area contributed by atoms with Gasteiger partial charge in [0.25, 0.3) is 5.60 Å². The van der Waals surface area contributed by atoms with Gasteiger partial charge in [-0.15, -0.1) is 0 Å². The van der Waals surface area contributed by atoms with E-state index >= 15 is 0 Å². The maximum absolute atomic E-state index is 14.4. The minimum atomic E-state index is -4.76. The van der Waals surface area contributed by atoms with Crippen LogP contribution in [0.15, 0.2) is 40.0 Å². The topological polar surface area (TPSA) is 53.9 Å². The number of halogens is 6. The van der Waals surface area contributed by atoms with Gasteiger partial charge in [-0.3, -0.25) is 4.79 Å². The molecule has 0 aromatic heterocycles. The second-order valence-electron chi connectivity index (χ2n) is 9.66.